The van der Waals surface area contributed by atoms with E-state index in [2.05, 4.69) is 15.0 Å². The van der Waals surface area contributed by atoms with Gasteiger partial charge in [0, 0.05) is 13.8 Å². The fraction of sp³-hybridized carbons (Fsp3) is 0.471. The monoisotopic (exact) mass is 361 g/mol. The lowest BCUT2D eigenvalue weighted by atomic mass is 10.1. The first-order valence-corrected chi connectivity index (χ1v) is 8.14. The number of aliphatic imine (C=N–C) groups is 2. The molecule has 0 aliphatic carbocycles. The number of rotatable bonds is 6. The zero-order valence-electron chi connectivity index (χ0n) is 14.5. The second-order valence-corrected chi connectivity index (χ2v) is 5.75. The fourth-order valence-electron chi connectivity index (χ4n) is 2.47. The van der Waals surface area contributed by atoms with Gasteiger partial charge in [0.1, 0.15) is 25.3 Å². The van der Waals surface area contributed by atoms with Gasteiger partial charge in [-0.2, -0.15) is 0 Å². The summed E-state index contributed by atoms with van der Waals surface area (Å²) in [7, 11) is 0. The van der Waals surface area contributed by atoms with Crippen LogP contribution in [0.3, 0.4) is 0 Å². The van der Waals surface area contributed by atoms with Crippen LogP contribution in [0.2, 0.25) is 0 Å². The Kier molecular flexibility index (Phi) is 5.45. The smallest absolute Gasteiger partial charge is 0.303 e. The van der Waals surface area contributed by atoms with E-state index in [-0.39, 0.29) is 37.2 Å². The molecule has 2 aliphatic heterocycles. The highest BCUT2D eigenvalue weighted by Crippen LogP contribution is 2.26. The van der Waals surface area contributed by atoms with Crippen molar-refractivity contribution in [3.05, 3.63) is 29.6 Å². The van der Waals surface area contributed by atoms with E-state index in [4.69, 9.17) is 18.9 Å². The van der Waals surface area contributed by atoms with E-state index in [0.29, 0.717) is 25.0 Å². The highest BCUT2D eigenvalue weighted by atomic mass is 16.6. The minimum absolute atomic E-state index is 0.0196. The van der Waals surface area contributed by atoms with Crippen LogP contribution < -0.4 is 0 Å². The van der Waals surface area contributed by atoms with E-state index in [1.807, 2.05) is 18.2 Å². The molecular weight excluding hydrogens is 342 g/mol. The number of aromatic nitrogens is 1. The molecule has 0 fully saturated rings. The van der Waals surface area contributed by atoms with Crippen LogP contribution in [0.5, 0.6) is 0 Å². The van der Waals surface area contributed by atoms with Gasteiger partial charge in [-0.05, 0) is 12.1 Å². The molecule has 0 saturated carbocycles. The maximum Gasteiger partial charge on any atom is 0.303 e. The second-order valence-electron chi connectivity index (χ2n) is 5.75. The van der Waals surface area contributed by atoms with E-state index < -0.39 is 0 Å². The van der Waals surface area contributed by atoms with Crippen LogP contribution in [0.25, 0.3) is 0 Å². The molecule has 3 heterocycles. The van der Waals surface area contributed by atoms with Crippen LogP contribution in [-0.2, 0) is 28.5 Å². The van der Waals surface area contributed by atoms with Crippen LogP contribution >= 0.6 is 0 Å². The molecular formula is C17H19N3O6. The molecule has 9 heteroatoms. The standard InChI is InChI=1S/C17H19N3O6/c1-10(21)23-8-16-19-14(6-25-16)12-4-3-5-13(18-12)15-7-26-17(20-15)9-24-11(2)22/h3-5,14-15H,6-9H2,1-2H3/t14-,15?/m0/s1. The van der Waals surface area contributed by atoms with Gasteiger partial charge in [-0.1, -0.05) is 6.07 Å². The van der Waals surface area contributed by atoms with E-state index >= 15 is 0 Å². The van der Waals surface area contributed by atoms with Crippen molar-refractivity contribution in [3.63, 3.8) is 0 Å². The average molecular weight is 361 g/mol. The van der Waals surface area contributed by atoms with Gasteiger partial charge in [-0.15, -0.1) is 0 Å². The Labute approximate surface area is 150 Å². The molecule has 1 aromatic heterocycles. The zero-order chi connectivity index (χ0) is 18.5. The van der Waals surface area contributed by atoms with E-state index in [0.717, 1.165) is 11.4 Å². The second kappa shape index (κ2) is 7.94. The number of pyridine rings is 1. The molecule has 0 amide bonds. The van der Waals surface area contributed by atoms with Crippen molar-refractivity contribution in [2.45, 2.75) is 25.9 Å². The third kappa shape index (κ3) is 4.56. The summed E-state index contributed by atoms with van der Waals surface area (Å²) in [5, 5.41) is 0. The van der Waals surface area contributed by atoms with Gasteiger partial charge < -0.3 is 18.9 Å². The Hall–Kier alpha value is -2.97. The minimum Gasteiger partial charge on any atom is -0.476 e. The summed E-state index contributed by atoms with van der Waals surface area (Å²) in [6, 6.07) is 5.07. The first-order chi connectivity index (χ1) is 12.5. The SMILES string of the molecule is CC(=O)OCC1=NC(c2cccc([C@@H]3COC(COC(C)=O)=N3)n2)CO1. The number of hydrogen-bond donors (Lipinski definition) is 0. The number of esters is 2. The molecule has 0 radical (unpaired) electrons. The normalized spacial score (nSPS) is 21.3. The molecule has 1 aromatic rings. The summed E-state index contributed by atoms with van der Waals surface area (Å²) in [6.07, 6.45) is 0. The Bertz CT molecular complexity index is 701. The summed E-state index contributed by atoms with van der Waals surface area (Å²) in [4.78, 5) is 35.1. The predicted octanol–water partition coefficient (Wildman–Crippen LogP) is 1.15. The lowest BCUT2D eigenvalue weighted by molar-refractivity contribution is -0.140. The quantitative estimate of drug-likeness (QED) is 0.699. The first-order valence-electron chi connectivity index (χ1n) is 8.14. The highest BCUT2D eigenvalue weighted by Gasteiger charge is 2.26. The van der Waals surface area contributed by atoms with Crippen molar-refractivity contribution in [1.29, 1.82) is 0 Å². The Morgan fingerprint density at radius 2 is 1.42 bits per heavy atom. The van der Waals surface area contributed by atoms with Crippen molar-refractivity contribution in [2.75, 3.05) is 26.4 Å². The molecule has 0 saturated heterocycles. The van der Waals surface area contributed by atoms with Gasteiger partial charge in [0.25, 0.3) is 0 Å². The number of hydrogen-bond acceptors (Lipinski definition) is 9. The molecule has 3 rings (SSSR count). The Morgan fingerprint density at radius 1 is 0.962 bits per heavy atom. The molecule has 1 unspecified atom stereocenters. The van der Waals surface area contributed by atoms with Crippen molar-refractivity contribution in [1.82, 2.24) is 4.98 Å². The summed E-state index contributed by atoms with van der Waals surface area (Å²) < 4.78 is 20.6. The number of nitrogens with zero attached hydrogens (tertiary/aromatic N) is 3. The zero-order valence-corrected chi connectivity index (χ0v) is 14.5. The van der Waals surface area contributed by atoms with Crippen molar-refractivity contribution in [2.24, 2.45) is 9.98 Å². The summed E-state index contributed by atoms with van der Waals surface area (Å²) in [5.74, 6) is -0.0152. The maximum absolute atomic E-state index is 10.9. The lowest BCUT2D eigenvalue weighted by Gasteiger charge is -2.09. The lowest BCUT2D eigenvalue weighted by Crippen LogP contribution is -2.11. The molecule has 26 heavy (non-hydrogen) atoms. The third-order valence-electron chi connectivity index (χ3n) is 3.69. The van der Waals surface area contributed by atoms with E-state index in [9.17, 15) is 9.59 Å². The Morgan fingerprint density at radius 3 is 1.85 bits per heavy atom. The number of carbonyl (C=O) groups is 2. The fourth-order valence-corrected chi connectivity index (χ4v) is 2.47. The average Bonchev–Trinajstić information content (AvgIpc) is 3.28. The van der Waals surface area contributed by atoms with Crippen LogP contribution in [0.1, 0.15) is 37.3 Å². The molecule has 0 spiro atoms. The molecule has 9 nitrogen and oxygen atoms in total. The van der Waals surface area contributed by atoms with Gasteiger partial charge in [0.15, 0.2) is 13.2 Å². The third-order valence-corrected chi connectivity index (χ3v) is 3.69. The topological polar surface area (TPSA) is 109 Å². The molecule has 2 atom stereocenters. The molecule has 0 bridgehead atoms. The van der Waals surface area contributed by atoms with Gasteiger partial charge in [0.2, 0.25) is 11.8 Å². The van der Waals surface area contributed by atoms with Crippen molar-refractivity contribution >= 4 is 23.7 Å². The number of ether oxygens (including phenoxy) is 4. The van der Waals surface area contributed by atoms with Gasteiger partial charge >= 0.3 is 11.9 Å². The van der Waals surface area contributed by atoms with E-state index in [1.54, 1.807) is 0 Å². The minimum atomic E-state index is -0.386. The van der Waals surface area contributed by atoms with Gasteiger partial charge in [0.05, 0.1) is 11.4 Å². The first kappa shape index (κ1) is 17.8. The summed E-state index contributed by atoms with van der Waals surface area (Å²) in [5.41, 5.74) is 1.48. The summed E-state index contributed by atoms with van der Waals surface area (Å²) >= 11 is 0. The molecule has 2 aliphatic rings. The van der Waals surface area contributed by atoms with Crippen LogP contribution in [0.4, 0.5) is 0 Å². The van der Waals surface area contributed by atoms with Crippen LogP contribution in [-0.4, -0.2) is 55.1 Å². The summed E-state index contributed by atoms with van der Waals surface area (Å²) in [6.45, 7) is 3.39. The van der Waals surface area contributed by atoms with Crippen molar-refractivity contribution < 1.29 is 28.5 Å². The molecule has 138 valence electrons. The number of carbonyl (C=O) groups excluding carboxylic acids is 2. The molecule has 0 N–H and O–H groups in total. The van der Waals surface area contributed by atoms with E-state index in [1.165, 1.54) is 13.8 Å². The molecule has 0 aromatic carbocycles. The van der Waals surface area contributed by atoms with Gasteiger partial charge in [-0.25, -0.2) is 9.98 Å². The predicted molar refractivity (Wildman–Crippen MR) is 89.8 cm³/mol. The highest BCUT2D eigenvalue weighted by molar-refractivity contribution is 5.82. The van der Waals surface area contributed by atoms with Crippen LogP contribution in [0.15, 0.2) is 28.2 Å². The van der Waals surface area contributed by atoms with Crippen LogP contribution in [0, 0.1) is 0 Å². The Balaban J connectivity index is 1.66. The largest absolute Gasteiger partial charge is 0.476 e. The van der Waals surface area contributed by atoms with Gasteiger partial charge in [-0.3, -0.25) is 14.6 Å². The van der Waals surface area contributed by atoms with Crippen molar-refractivity contribution in [3.8, 4) is 0 Å². The maximum atomic E-state index is 10.9.